The zero-order valence-corrected chi connectivity index (χ0v) is 19.7. The SMILES string of the molecule is Cc1nc(N2CCN(CCO)CC2)nc2ccc(NC(=O)COc3ccc(Cl)cc3Cl)cc12. The van der Waals surface area contributed by atoms with Gasteiger partial charge in [-0.15, -0.1) is 0 Å². The van der Waals surface area contributed by atoms with Crippen LogP contribution in [0.4, 0.5) is 11.6 Å². The number of β-amino-alcohol motifs (C(OH)–C–C–N with tert-alkyl or cyclic N) is 1. The number of fused-ring (bicyclic) bond motifs is 1. The maximum absolute atomic E-state index is 12.4. The lowest BCUT2D eigenvalue weighted by Crippen LogP contribution is -2.47. The summed E-state index contributed by atoms with van der Waals surface area (Å²) >= 11 is 12.0. The third-order valence-electron chi connectivity index (χ3n) is 5.48. The number of halogens is 2. The van der Waals surface area contributed by atoms with Gasteiger partial charge in [-0.05, 0) is 43.3 Å². The number of aliphatic hydroxyl groups excluding tert-OH is 1. The molecule has 0 bridgehead atoms. The van der Waals surface area contributed by atoms with Gasteiger partial charge in [0.2, 0.25) is 5.95 Å². The Bertz CT molecular complexity index is 1150. The van der Waals surface area contributed by atoms with E-state index in [4.69, 9.17) is 43.0 Å². The summed E-state index contributed by atoms with van der Waals surface area (Å²) in [5.74, 6) is 0.786. The molecule has 3 aromatic rings. The molecule has 8 nitrogen and oxygen atoms in total. The zero-order chi connectivity index (χ0) is 23.4. The van der Waals surface area contributed by atoms with Gasteiger partial charge >= 0.3 is 0 Å². The van der Waals surface area contributed by atoms with Crippen LogP contribution in [0.25, 0.3) is 10.9 Å². The molecule has 2 N–H and O–H groups in total. The van der Waals surface area contributed by atoms with Crippen molar-refractivity contribution in [3.63, 3.8) is 0 Å². The molecular weight excluding hydrogens is 465 g/mol. The number of nitrogens with zero attached hydrogens (tertiary/aromatic N) is 4. The molecule has 0 atom stereocenters. The van der Waals surface area contributed by atoms with Crippen LogP contribution in [0.3, 0.4) is 0 Å². The molecule has 1 aromatic heterocycles. The molecule has 1 aliphatic rings. The number of ether oxygens (including phenoxy) is 1. The average Bonchev–Trinajstić information content (AvgIpc) is 2.79. The number of benzene rings is 2. The first-order valence-electron chi connectivity index (χ1n) is 10.7. The molecule has 2 heterocycles. The molecule has 10 heteroatoms. The number of rotatable bonds is 7. The molecule has 1 amide bonds. The maximum atomic E-state index is 12.4. The number of aryl methyl sites for hydroxylation is 1. The zero-order valence-electron chi connectivity index (χ0n) is 18.2. The predicted molar refractivity (Wildman–Crippen MR) is 131 cm³/mol. The van der Waals surface area contributed by atoms with Gasteiger partial charge in [0, 0.05) is 48.8 Å². The minimum Gasteiger partial charge on any atom is -0.482 e. The van der Waals surface area contributed by atoms with E-state index in [0.717, 1.165) is 42.8 Å². The smallest absolute Gasteiger partial charge is 0.262 e. The minimum atomic E-state index is -0.309. The monoisotopic (exact) mass is 489 g/mol. The van der Waals surface area contributed by atoms with Crippen molar-refractivity contribution in [1.29, 1.82) is 0 Å². The quantitative estimate of drug-likeness (QED) is 0.525. The number of hydrogen-bond acceptors (Lipinski definition) is 7. The first kappa shape index (κ1) is 23.5. The summed E-state index contributed by atoms with van der Waals surface area (Å²) in [5, 5.41) is 13.7. The largest absolute Gasteiger partial charge is 0.482 e. The Morgan fingerprint density at radius 3 is 2.64 bits per heavy atom. The molecule has 33 heavy (non-hydrogen) atoms. The third kappa shape index (κ3) is 5.83. The number of carbonyl (C=O) groups is 1. The number of piperazine rings is 1. The van der Waals surface area contributed by atoms with Crippen molar-refractivity contribution in [3.05, 3.63) is 52.1 Å². The number of aromatic nitrogens is 2. The van der Waals surface area contributed by atoms with E-state index in [1.807, 2.05) is 25.1 Å². The molecule has 174 valence electrons. The Labute approximate surface area is 202 Å². The van der Waals surface area contributed by atoms with Gasteiger partial charge in [-0.2, -0.15) is 0 Å². The van der Waals surface area contributed by atoms with Gasteiger partial charge in [-0.25, -0.2) is 9.97 Å². The van der Waals surface area contributed by atoms with E-state index in [2.05, 4.69) is 15.1 Å². The first-order valence-corrected chi connectivity index (χ1v) is 11.4. The van der Waals surface area contributed by atoms with E-state index < -0.39 is 0 Å². The normalized spacial score (nSPS) is 14.5. The van der Waals surface area contributed by atoms with Crippen LogP contribution >= 0.6 is 23.2 Å². The van der Waals surface area contributed by atoms with Gasteiger partial charge in [0.15, 0.2) is 6.61 Å². The summed E-state index contributed by atoms with van der Waals surface area (Å²) in [7, 11) is 0. The second-order valence-electron chi connectivity index (χ2n) is 7.80. The van der Waals surface area contributed by atoms with Gasteiger partial charge in [-0.1, -0.05) is 23.2 Å². The molecule has 2 aromatic carbocycles. The van der Waals surface area contributed by atoms with E-state index in [0.29, 0.717) is 34.0 Å². The van der Waals surface area contributed by atoms with Crippen molar-refractivity contribution < 1.29 is 14.6 Å². The van der Waals surface area contributed by atoms with Gasteiger partial charge < -0.3 is 20.1 Å². The predicted octanol–water partition coefficient (Wildman–Crippen LogP) is 3.38. The van der Waals surface area contributed by atoms with Crippen LogP contribution in [-0.4, -0.2) is 71.8 Å². The van der Waals surface area contributed by atoms with E-state index in [-0.39, 0.29) is 19.1 Å². The Morgan fingerprint density at radius 1 is 1.12 bits per heavy atom. The Hall–Kier alpha value is -2.65. The van der Waals surface area contributed by atoms with Crippen molar-refractivity contribution in [2.24, 2.45) is 0 Å². The molecule has 0 unspecified atom stereocenters. The van der Waals surface area contributed by atoms with Crippen LogP contribution in [0, 0.1) is 6.92 Å². The molecule has 0 saturated carbocycles. The average molecular weight is 490 g/mol. The molecule has 1 saturated heterocycles. The summed E-state index contributed by atoms with van der Waals surface area (Å²) in [5.41, 5.74) is 2.29. The fourth-order valence-electron chi connectivity index (χ4n) is 3.73. The summed E-state index contributed by atoms with van der Waals surface area (Å²) in [6.07, 6.45) is 0. The van der Waals surface area contributed by atoms with Gasteiger partial charge in [0.1, 0.15) is 5.75 Å². The first-order chi connectivity index (χ1) is 15.9. The van der Waals surface area contributed by atoms with Crippen LogP contribution in [0.2, 0.25) is 10.0 Å². The van der Waals surface area contributed by atoms with Crippen molar-refractivity contribution >= 4 is 51.6 Å². The highest BCUT2D eigenvalue weighted by Crippen LogP contribution is 2.28. The molecule has 0 spiro atoms. The Kier molecular flexibility index (Phi) is 7.49. The fourth-order valence-corrected chi connectivity index (χ4v) is 4.19. The fraction of sp³-hybridized carbons (Fsp3) is 0.348. The highest BCUT2D eigenvalue weighted by atomic mass is 35.5. The number of carbonyl (C=O) groups excluding carboxylic acids is 1. The van der Waals surface area contributed by atoms with Gasteiger partial charge in [0.05, 0.1) is 22.8 Å². The summed E-state index contributed by atoms with van der Waals surface area (Å²) < 4.78 is 5.49. The van der Waals surface area contributed by atoms with E-state index >= 15 is 0 Å². The van der Waals surface area contributed by atoms with E-state index in [1.165, 1.54) is 0 Å². The van der Waals surface area contributed by atoms with Crippen LogP contribution < -0.4 is 15.0 Å². The van der Waals surface area contributed by atoms with E-state index in [9.17, 15) is 4.79 Å². The maximum Gasteiger partial charge on any atom is 0.262 e. The van der Waals surface area contributed by atoms with Crippen molar-refractivity contribution in [1.82, 2.24) is 14.9 Å². The molecule has 0 aliphatic carbocycles. The molecule has 1 fully saturated rings. The highest BCUT2D eigenvalue weighted by molar-refractivity contribution is 6.35. The number of amides is 1. The lowest BCUT2D eigenvalue weighted by Gasteiger charge is -2.34. The topological polar surface area (TPSA) is 90.8 Å². The van der Waals surface area contributed by atoms with Crippen LogP contribution in [0.1, 0.15) is 5.69 Å². The summed E-state index contributed by atoms with van der Waals surface area (Å²) in [6, 6.07) is 10.4. The Balaban J connectivity index is 1.41. The van der Waals surface area contributed by atoms with E-state index in [1.54, 1.807) is 18.2 Å². The third-order valence-corrected chi connectivity index (χ3v) is 6.01. The lowest BCUT2D eigenvalue weighted by atomic mass is 10.1. The van der Waals surface area contributed by atoms with Crippen molar-refractivity contribution in [2.45, 2.75) is 6.92 Å². The highest BCUT2D eigenvalue weighted by Gasteiger charge is 2.19. The molecular formula is C23H25Cl2N5O3. The molecule has 1 aliphatic heterocycles. The molecule has 4 rings (SSSR count). The lowest BCUT2D eigenvalue weighted by molar-refractivity contribution is -0.118. The van der Waals surface area contributed by atoms with Gasteiger partial charge in [0.25, 0.3) is 5.91 Å². The van der Waals surface area contributed by atoms with Gasteiger partial charge in [-0.3, -0.25) is 9.69 Å². The van der Waals surface area contributed by atoms with Crippen molar-refractivity contribution in [2.75, 3.05) is 56.2 Å². The number of anilines is 2. The standard InChI is InChI=1S/C23H25Cl2N5O3/c1-15-18-13-17(27-22(32)14-33-21-5-2-16(24)12-19(21)25)3-4-20(18)28-23(26-15)30-8-6-29(7-9-30)10-11-31/h2-5,12-13,31H,6-11,14H2,1H3,(H,27,32). The number of nitrogens with one attached hydrogen (secondary N) is 1. The summed E-state index contributed by atoms with van der Waals surface area (Å²) in [6.45, 7) is 5.99. The minimum absolute atomic E-state index is 0.172. The van der Waals surface area contributed by atoms with Crippen LogP contribution in [-0.2, 0) is 4.79 Å². The number of hydrogen-bond donors (Lipinski definition) is 2. The molecule has 0 radical (unpaired) electrons. The Morgan fingerprint density at radius 2 is 1.91 bits per heavy atom. The van der Waals surface area contributed by atoms with Crippen LogP contribution in [0.5, 0.6) is 5.75 Å². The summed E-state index contributed by atoms with van der Waals surface area (Å²) in [4.78, 5) is 26.2. The second kappa shape index (κ2) is 10.5. The van der Waals surface area contributed by atoms with Crippen LogP contribution in [0.15, 0.2) is 36.4 Å². The number of aliphatic hydroxyl groups is 1. The van der Waals surface area contributed by atoms with Crippen molar-refractivity contribution in [3.8, 4) is 5.75 Å². The second-order valence-corrected chi connectivity index (χ2v) is 8.65.